The highest BCUT2D eigenvalue weighted by atomic mass is 16.5. The first-order chi connectivity index (χ1) is 6.14. The highest BCUT2D eigenvalue weighted by molar-refractivity contribution is 4.93. The van der Waals surface area contributed by atoms with E-state index in [1.165, 1.54) is 6.42 Å². The van der Waals surface area contributed by atoms with Crippen molar-refractivity contribution < 1.29 is 4.74 Å². The van der Waals surface area contributed by atoms with Crippen molar-refractivity contribution in [3.63, 3.8) is 0 Å². The van der Waals surface area contributed by atoms with Gasteiger partial charge in [0.15, 0.2) is 0 Å². The number of hydrogen-bond donors (Lipinski definition) is 1. The molecule has 1 aliphatic rings. The number of nitrogens with two attached hydrogens (primary N) is 1. The Morgan fingerprint density at radius 2 is 2.00 bits per heavy atom. The summed E-state index contributed by atoms with van der Waals surface area (Å²) in [6.07, 6.45) is 4.63. The summed E-state index contributed by atoms with van der Waals surface area (Å²) in [6, 6.07) is 0.213. The number of rotatable bonds is 4. The van der Waals surface area contributed by atoms with Crippen molar-refractivity contribution in [3.8, 4) is 0 Å². The molecule has 13 heavy (non-hydrogen) atoms. The summed E-state index contributed by atoms with van der Waals surface area (Å²) in [5, 5.41) is 0. The number of hydrogen-bond acceptors (Lipinski definition) is 2. The Bertz CT molecular complexity index is 148. The predicted octanol–water partition coefficient (Wildman–Crippen LogP) is 2.32. The molecule has 0 aliphatic carbocycles. The van der Waals surface area contributed by atoms with Gasteiger partial charge in [-0.25, -0.2) is 0 Å². The van der Waals surface area contributed by atoms with Gasteiger partial charge in [-0.15, -0.1) is 0 Å². The van der Waals surface area contributed by atoms with Crippen LogP contribution in [0.15, 0.2) is 0 Å². The fourth-order valence-electron chi connectivity index (χ4n) is 2.36. The lowest BCUT2D eigenvalue weighted by molar-refractivity contribution is -0.0178. The minimum atomic E-state index is -0.0450. The largest absolute Gasteiger partial charge is 0.374 e. The second-order valence-corrected chi connectivity index (χ2v) is 4.37. The summed E-state index contributed by atoms with van der Waals surface area (Å²) in [5.41, 5.74) is 6.21. The molecule has 0 radical (unpaired) electrons. The van der Waals surface area contributed by atoms with Gasteiger partial charge in [0.1, 0.15) is 0 Å². The van der Waals surface area contributed by atoms with Crippen LogP contribution in [0.2, 0.25) is 0 Å². The van der Waals surface area contributed by atoms with Crippen LogP contribution in [0.25, 0.3) is 0 Å². The van der Waals surface area contributed by atoms with E-state index in [9.17, 15) is 0 Å². The predicted molar refractivity (Wildman–Crippen MR) is 55.6 cm³/mol. The molecule has 0 spiro atoms. The maximum atomic E-state index is 6.25. The SMILES string of the molecule is CCC(CC)C(N)C1(C)CCCO1. The average Bonchev–Trinajstić information content (AvgIpc) is 2.55. The molecule has 1 heterocycles. The van der Waals surface area contributed by atoms with Gasteiger partial charge in [0, 0.05) is 12.6 Å². The van der Waals surface area contributed by atoms with E-state index >= 15 is 0 Å². The number of ether oxygens (including phenoxy) is 1. The molecule has 1 fully saturated rings. The summed E-state index contributed by atoms with van der Waals surface area (Å²) >= 11 is 0. The molecule has 2 unspecified atom stereocenters. The summed E-state index contributed by atoms with van der Waals surface area (Å²) in [6.45, 7) is 7.49. The lowest BCUT2D eigenvalue weighted by Gasteiger charge is -2.35. The topological polar surface area (TPSA) is 35.2 Å². The van der Waals surface area contributed by atoms with Gasteiger partial charge in [0.05, 0.1) is 5.60 Å². The van der Waals surface area contributed by atoms with Crippen LogP contribution in [0.5, 0.6) is 0 Å². The van der Waals surface area contributed by atoms with Crippen LogP contribution in [0.3, 0.4) is 0 Å². The molecule has 2 nitrogen and oxygen atoms in total. The lowest BCUT2D eigenvalue weighted by Crippen LogP contribution is -2.49. The van der Waals surface area contributed by atoms with Crippen molar-refractivity contribution in [2.75, 3.05) is 6.61 Å². The van der Waals surface area contributed by atoms with Crippen LogP contribution in [0, 0.1) is 5.92 Å². The third-order valence-corrected chi connectivity index (χ3v) is 3.51. The van der Waals surface area contributed by atoms with Gasteiger partial charge in [-0.2, -0.15) is 0 Å². The van der Waals surface area contributed by atoms with Gasteiger partial charge >= 0.3 is 0 Å². The van der Waals surface area contributed by atoms with Crippen molar-refractivity contribution in [3.05, 3.63) is 0 Å². The molecule has 0 aromatic rings. The van der Waals surface area contributed by atoms with Gasteiger partial charge in [-0.3, -0.25) is 0 Å². The zero-order chi connectivity index (χ0) is 9.90. The first-order valence-electron chi connectivity index (χ1n) is 5.53. The van der Waals surface area contributed by atoms with E-state index in [4.69, 9.17) is 10.5 Å². The maximum Gasteiger partial charge on any atom is 0.0808 e. The molecule has 2 N–H and O–H groups in total. The Morgan fingerprint density at radius 3 is 2.38 bits per heavy atom. The molecule has 0 saturated carbocycles. The normalized spacial score (nSPS) is 31.2. The fourth-order valence-corrected chi connectivity index (χ4v) is 2.36. The molecule has 1 rings (SSSR count). The zero-order valence-corrected chi connectivity index (χ0v) is 9.18. The van der Waals surface area contributed by atoms with Crippen LogP contribution in [0.1, 0.15) is 46.5 Å². The summed E-state index contributed by atoms with van der Waals surface area (Å²) in [5.74, 6) is 0.614. The van der Waals surface area contributed by atoms with Gasteiger partial charge in [0.2, 0.25) is 0 Å². The summed E-state index contributed by atoms with van der Waals surface area (Å²) in [4.78, 5) is 0. The van der Waals surface area contributed by atoms with Crippen molar-refractivity contribution in [2.45, 2.75) is 58.1 Å². The second kappa shape index (κ2) is 4.43. The molecule has 78 valence electrons. The Balaban J connectivity index is 2.58. The van der Waals surface area contributed by atoms with Gasteiger partial charge in [-0.05, 0) is 25.7 Å². The Kier molecular flexibility index (Phi) is 3.74. The first kappa shape index (κ1) is 11.0. The van der Waals surface area contributed by atoms with E-state index in [1.807, 2.05) is 0 Å². The quantitative estimate of drug-likeness (QED) is 0.729. The molecule has 0 aromatic heterocycles. The molecular formula is C11H23NO. The Hall–Kier alpha value is -0.0800. The third-order valence-electron chi connectivity index (χ3n) is 3.51. The maximum absolute atomic E-state index is 6.25. The molecule has 1 aliphatic heterocycles. The monoisotopic (exact) mass is 185 g/mol. The first-order valence-corrected chi connectivity index (χ1v) is 5.53. The van der Waals surface area contributed by atoms with E-state index < -0.39 is 0 Å². The van der Waals surface area contributed by atoms with E-state index in [-0.39, 0.29) is 11.6 Å². The Morgan fingerprint density at radius 1 is 1.38 bits per heavy atom. The van der Waals surface area contributed by atoms with Crippen molar-refractivity contribution >= 4 is 0 Å². The minimum Gasteiger partial charge on any atom is -0.374 e. The molecular weight excluding hydrogens is 162 g/mol. The van der Waals surface area contributed by atoms with Gasteiger partial charge in [0.25, 0.3) is 0 Å². The summed E-state index contributed by atoms with van der Waals surface area (Å²) < 4.78 is 5.76. The Labute approximate surface area is 81.8 Å². The fraction of sp³-hybridized carbons (Fsp3) is 1.00. The van der Waals surface area contributed by atoms with Crippen LogP contribution in [-0.2, 0) is 4.74 Å². The summed E-state index contributed by atoms with van der Waals surface area (Å²) in [7, 11) is 0. The van der Waals surface area contributed by atoms with Crippen molar-refractivity contribution in [1.82, 2.24) is 0 Å². The highest BCUT2D eigenvalue weighted by Gasteiger charge is 2.38. The highest BCUT2D eigenvalue weighted by Crippen LogP contribution is 2.32. The minimum absolute atomic E-state index is 0.0450. The average molecular weight is 185 g/mol. The molecule has 2 atom stereocenters. The van der Waals surface area contributed by atoms with Gasteiger partial charge < -0.3 is 10.5 Å². The molecule has 2 heteroatoms. The van der Waals surface area contributed by atoms with Crippen molar-refractivity contribution in [2.24, 2.45) is 11.7 Å². The third kappa shape index (κ3) is 2.23. The van der Waals surface area contributed by atoms with E-state index in [0.717, 1.165) is 25.9 Å². The van der Waals surface area contributed by atoms with E-state index in [0.29, 0.717) is 5.92 Å². The smallest absolute Gasteiger partial charge is 0.0808 e. The molecule has 1 saturated heterocycles. The molecule has 0 amide bonds. The standard InChI is InChI=1S/C11H23NO/c1-4-9(5-2)10(12)11(3)7-6-8-13-11/h9-10H,4-8,12H2,1-3H3. The molecule has 0 bridgehead atoms. The van der Waals surface area contributed by atoms with Crippen LogP contribution >= 0.6 is 0 Å². The van der Waals surface area contributed by atoms with E-state index in [1.54, 1.807) is 0 Å². The van der Waals surface area contributed by atoms with Crippen molar-refractivity contribution in [1.29, 1.82) is 0 Å². The van der Waals surface area contributed by atoms with Crippen LogP contribution in [-0.4, -0.2) is 18.2 Å². The van der Waals surface area contributed by atoms with Crippen LogP contribution < -0.4 is 5.73 Å². The second-order valence-electron chi connectivity index (χ2n) is 4.37. The van der Waals surface area contributed by atoms with E-state index in [2.05, 4.69) is 20.8 Å². The molecule has 0 aromatic carbocycles. The lowest BCUT2D eigenvalue weighted by atomic mass is 9.82. The van der Waals surface area contributed by atoms with Gasteiger partial charge in [-0.1, -0.05) is 26.7 Å². The zero-order valence-electron chi connectivity index (χ0n) is 9.18. The van der Waals surface area contributed by atoms with Crippen LogP contribution in [0.4, 0.5) is 0 Å².